The molecule has 0 bridgehead atoms. The van der Waals surface area contributed by atoms with Crippen LogP contribution in [0.5, 0.6) is 12.0 Å². The molecule has 0 radical (unpaired) electrons. The quantitative estimate of drug-likeness (QED) is 0.141. The summed E-state index contributed by atoms with van der Waals surface area (Å²) in [4.78, 5) is 13.8. The highest BCUT2D eigenvalue weighted by Gasteiger charge is 2.42. The van der Waals surface area contributed by atoms with Crippen LogP contribution in [0.25, 0.3) is 0 Å². The third kappa shape index (κ3) is 5.85. The fraction of sp³-hybridized carbons (Fsp3) is 0.0488. The highest BCUT2D eigenvalue weighted by atomic mass is 35.5. The lowest BCUT2D eigenvalue weighted by atomic mass is 9.80. The third-order valence-corrected chi connectivity index (χ3v) is 8.31. The first-order valence-corrected chi connectivity index (χ1v) is 15.7. The number of aromatic nitrogens is 3. The predicted molar refractivity (Wildman–Crippen MR) is 185 cm³/mol. The molecule has 0 aliphatic heterocycles. The fourth-order valence-electron chi connectivity index (χ4n) is 6.07. The molecule has 0 spiro atoms. The van der Waals surface area contributed by atoms with Gasteiger partial charge in [-0.05, 0) is 11.6 Å². The van der Waals surface area contributed by atoms with Gasteiger partial charge in [0.2, 0.25) is 5.28 Å². The van der Waals surface area contributed by atoms with Gasteiger partial charge >= 0.3 is 12.0 Å². The van der Waals surface area contributed by atoms with Crippen molar-refractivity contribution in [1.29, 1.82) is 0 Å². The minimum absolute atomic E-state index is 0.0136. The van der Waals surface area contributed by atoms with E-state index in [0.717, 1.165) is 33.4 Å². The zero-order valence-electron chi connectivity index (χ0n) is 25.4. The summed E-state index contributed by atoms with van der Waals surface area (Å²) < 4.78 is 14.0. The highest BCUT2D eigenvalue weighted by Crippen LogP contribution is 2.43. The number of benzene rings is 6. The standard InChI is InChI=1S/C41H30ClN3O2/c42-37-43-38(46-40(31-19-7-1-8-20-31,32-21-9-2-10-22-32)33-23-11-3-12-24-33)45-39(44-37)47-41(34-25-13-4-14-26-34,35-27-15-5-16-28-35)36-29-17-6-18-30-36/h1-30H. The Morgan fingerprint density at radius 3 is 0.745 bits per heavy atom. The Balaban J connectivity index is 1.42. The number of rotatable bonds is 10. The Morgan fingerprint density at radius 2 is 0.532 bits per heavy atom. The van der Waals surface area contributed by atoms with Crippen molar-refractivity contribution in [3.8, 4) is 12.0 Å². The number of nitrogens with zero attached hydrogens (tertiary/aromatic N) is 3. The molecule has 228 valence electrons. The van der Waals surface area contributed by atoms with E-state index in [-0.39, 0.29) is 17.3 Å². The molecule has 0 aliphatic rings. The van der Waals surface area contributed by atoms with Crippen LogP contribution in [0.2, 0.25) is 5.28 Å². The normalized spacial score (nSPS) is 11.5. The van der Waals surface area contributed by atoms with Gasteiger partial charge in [-0.2, -0.15) is 9.97 Å². The molecule has 0 amide bonds. The third-order valence-electron chi connectivity index (χ3n) is 8.14. The molecule has 0 aliphatic carbocycles. The van der Waals surface area contributed by atoms with Crippen molar-refractivity contribution in [1.82, 2.24) is 15.0 Å². The zero-order valence-corrected chi connectivity index (χ0v) is 26.1. The molecule has 7 rings (SSSR count). The van der Waals surface area contributed by atoms with Crippen LogP contribution < -0.4 is 9.47 Å². The van der Waals surface area contributed by atoms with Crippen LogP contribution in [0.1, 0.15) is 33.4 Å². The van der Waals surface area contributed by atoms with Crippen molar-refractivity contribution in [2.45, 2.75) is 11.2 Å². The van der Waals surface area contributed by atoms with E-state index in [1.54, 1.807) is 0 Å². The van der Waals surface area contributed by atoms with Crippen molar-refractivity contribution in [2.75, 3.05) is 0 Å². The highest BCUT2D eigenvalue weighted by molar-refractivity contribution is 6.28. The average molecular weight is 632 g/mol. The van der Waals surface area contributed by atoms with Gasteiger partial charge in [0.25, 0.3) is 0 Å². The van der Waals surface area contributed by atoms with E-state index in [1.165, 1.54) is 0 Å². The maximum atomic E-state index is 6.99. The summed E-state index contributed by atoms with van der Waals surface area (Å²) in [7, 11) is 0. The smallest absolute Gasteiger partial charge is 0.325 e. The number of halogens is 1. The van der Waals surface area contributed by atoms with Gasteiger partial charge < -0.3 is 9.47 Å². The first kappa shape index (κ1) is 29.9. The average Bonchev–Trinajstić information content (AvgIpc) is 3.15. The topological polar surface area (TPSA) is 57.1 Å². The van der Waals surface area contributed by atoms with Crippen molar-refractivity contribution >= 4 is 11.6 Å². The molecule has 1 aromatic heterocycles. The summed E-state index contributed by atoms with van der Waals surface area (Å²) in [6.07, 6.45) is 0. The molecule has 0 fully saturated rings. The second-order valence-electron chi connectivity index (χ2n) is 10.9. The van der Waals surface area contributed by atoms with Gasteiger partial charge in [-0.1, -0.05) is 182 Å². The van der Waals surface area contributed by atoms with Gasteiger partial charge in [-0.15, -0.1) is 4.98 Å². The Hall–Kier alpha value is -5.78. The van der Waals surface area contributed by atoms with Crippen LogP contribution in [0, 0.1) is 0 Å². The summed E-state index contributed by atoms with van der Waals surface area (Å²) >= 11 is 6.66. The lowest BCUT2D eigenvalue weighted by Crippen LogP contribution is -2.38. The van der Waals surface area contributed by atoms with Gasteiger partial charge in [0.05, 0.1) is 0 Å². The lowest BCUT2D eigenvalue weighted by molar-refractivity contribution is 0.119. The molecule has 6 heteroatoms. The Labute approximate surface area is 279 Å². The van der Waals surface area contributed by atoms with Crippen molar-refractivity contribution < 1.29 is 9.47 Å². The van der Waals surface area contributed by atoms with Crippen molar-refractivity contribution in [2.24, 2.45) is 0 Å². The van der Waals surface area contributed by atoms with Gasteiger partial charge in [-0.25, -0.2) is 0 Å². The number of ether oxygens (including phenoxy) is 2. The van der Waals surface area contributed by atoms with Crippen molar-refractivity contribution in [3.05, 3.63) is 221 Å². The molecular formula is C41H30ClN3O2. The Bertz CT molecular complexity index is 1690. The molecule has 5 nitrogen and oxygen atoms in total. The monoisotopic (exact) mass is 631 g/mol. The maximum absolute atomic E-state index is 6.99. The van der Waals surface area contributed by atoms with Gasteiger partial charge in [0.15, 0.2) is 11.2 Å². The molecule has 7 aromatic rings. The van der Waals surface area contributed by atoms with E-state index in [4.69, 9.17) is 26.1 Å². The molecular weight excluding hydrogens is 602 g/mol. The molecule has 0 saturated carbocycles. The summed E-state index contributed by atoms with van der Waals surface area (Å²) in [5.41, 5.74) is 3.11. The van der Waals surface area contributed by atoms with Gasteiger partial charge in [0.1, 0.15) is 0 Å². The first-order valence-electron chi connectivity index (χ1n) is 15.3. The van der Waals surface area contributed by atoms with Crippen LogP contribution in [0.3, 0.4) is 0 Å². The summed E-state index contributed by atoms with van der Waals surface area (Å²) in [6, 6.07) is 60.2. The minimum atomic E-state index is -1.12. The van der Waals surface area contributed by atoms with Gasteiger partial charge in [-0.3, -0.25) is 0 Å². The van der Waals surface area contributed by atoms with E-state index < -0.39 is 11.2 Å². The molecule has 6 aromatic carbocycles. The van der Waals surface area contributed by atoms with E-state index in [1.807, 2.05) is 182 Å². The predicted octanol–water partition coefficient (Wildman–Crippen LogP) is 9.27. The molecule has 47 heavy (non-hydrogen) atoms. The van der Waals surface area contributed by atoms with Gasteiger partial charge in [0, 0.05) is 33.4 Å². The molecule has 0 unspecified atom stereocenters. The number of hydrogen-bond donors (Lipinski definition) is 0. The van der Waals surface area contributed by atoms with E-state index in [2.05, 4.69) is 9.97 Å². The van der Waals surface area contributed by atoms with E-state index in [9.17, 15) is 0 Å². The largest absolute Gasteiger partial charge is 0.442 e. The SMILES string of the molecule is Clc1nc(OC(c2ccccc2)(c2ccccc2)c2ccccc2)nc(OC(c2ccccc2)(c2ccccc2)c2ccccc2)n1. The van der Waals surface area contributed by atoms with Crippen LogP contribution >= 0.6 is 11.6 Å². The van der Waals surface area contributed by atoms with Crippen LogP contribution in [-0.4, -0.2) is 15.0 Å². The molecule has 0 saturated heterocycles. The summed E-state index contributed by atoms with van der Waals surface area (Å²) in [5.74, 6) is 0. The molecule has 1 heterocycles. The Morgan fingerprint density at radius 1 is 0.319 bits per heavy atom. The molecule has 0 N–H and O–H groups in total. The van der Waals surface area contributed by atoms with Crippen molar-refractivity contribution in [3.63, 3.8) is 0 Å². The second-order valence-corrected chi connectivity index (χ2v) is 11.3. The van der Waals surface area contributed by atoms with Crippen LogP contribution in [0.15, 0.2) is 182 Å². The first-order chi connectivity index (χ1) is 23.2. The zero-order chi connectivity index (χ0) is 31.9. The fourth-order valence-corrected chi connectivity index (χ4v) is 6.22. The second kappa shape index (κ2) is 13.3. The maximum Gasteiger partial charge on any atom is 0.325 e. The molecule has 0 atom stereocenters. The number of hydrogen-bond acceptors (Lipinski definition) is 5. The summed E-state index contributed by atoms with van der Waals surface area (Å²) in [5, 5.41) is -0.0591. The Kier molecular flexibility index (Phi) is 8.46. The van der Waals surface area contributed by atoms with Crippen LogP contribution in [0.4, 0.5) is 0 Å². The van der Waals surface area contributed by atoms with E-state index in [0.29, 0.717) is 0 Å². The summed E-state index contributed by atoms with van der Waals surface area (Å²) in [6.45, 7) is 0. The lowest BCUT2D eigenvalue weighted by Gasteiger charge is -2.36. The van der Waals surface area contributed by atoms with Crippen LogP contribution in [-0.2, 0) is 11.2 Å². The minimum Gasteiger partial charge on any atom is -0.442 e. The van der Waals surface area contributed by atoms with E-state index >= 15 is 0 Å².